The van der Waals surface area contributed by atoms with E-state index >= 15 is 0 Å². The summed E-state index contributed by atoms with van der Waals surface area (Å²) in [4.78, 5) is 24.1. The summed E-state index contributed by atoms with van der Waals surface area (Å²) in [5, 5.41) is 21.0. The molecule has 110 valence electrons. The van der Waals surface area contributed by atoms with E-state index in [0.717, 1.165) is 12.5 Å². The minimum atomic E-state index is -1.13. The summed E-state index contributed by atoms with van der Waals surface area (Å²) in [7, 11) is 1.67. The molecule has 0 aliphatic heterocycles. The van der Waals surface area contributed by atoms with Crippen LogP contribution in [0.1, 0.15) is 30.6 Å². The molecule has 2 amide bonds. The summed E-state index contributed by atoms with van der Waals surface area (Å²) in [5.74, 6) is -0.906. The van der Waals surface area contributed by atoms with Gasteiger partial charge in [-0.15, -0.1) is 0 Å². The molecule has 1 aromatic carbocycles. The molecule has 3 N–H and O–H groups in total. The van der Waals surface area contributed by atoms with E-state index in [-0.39, 0.29) is 23.0 Å². The van der Waals surface area contributed by atoms with Crippen LogP contribution in [0.4, 0.5) is 10.5 Å². The van der Waals surface area contributed by atoms with Crippen LogP contribution in [-0.2, 0) is 0 Å². The number of hydrogen-bond donors (Lipinski definition) is 3. The zero-order valence-corrected chi connectivity index (χ0v) is 11.9. The summed E-state index contributed by atoms with van der Waals surface area (Å²) in [6, 6.07) is 3.45. The number of phenols is 1. The van der Waals surface area contributed by atoms with Crippen molar-refractivity contribution in [3.8, 4) is 5.75 Å². The van der Waals surface area contributed by atoms with Gasteiger partial charge in [0.25, 0.3) is 0 Å². The maximum absolute atomic E-state index is 11.9. The maximum Gasteiger partial charge on any atom is 0.335 e. The Hall–Kier alpha value is -2.24. The molecule has 6 nitrogen and oxygen atoms in total. The number of aromatic hydroxyl groups is 1. The van der Waals surface area contributed by atoms with Gasteiger partial charge in [-0.05, 0) is 30.5 Å². The number of amides is 2. The molecule has 0 unspecified atom stereocenters. The third-order valence-corrected chi connectivity index (χ3v) is 2.87. The molecule has 0 spiro atoms. The van der Waals surface area contributed by atoms with Gasteiger partial charge in [-0.1, -0.05) is 13.8 Å². The van der Waals surface area contributed by atoms with Crippen LogP contribution in [0, 0.1) is 5.92 Å². The van der Waals surface area contributed by atoms with E-state index in [1.54, 1.807) is 7.05 Å². The van der Waals surface area contributed by atoms with Crippen molar-refractivity contribution in [3.05, 3.63) is 23.8 Å². The van der Waals surface area contributed by atoms with E-state index in [1.807, 2.05) is 0 Å². The Kier molecular flexibility index (Phi) is 5.37. The predicted molar refractivity (Wildman–Crippen MR) is 76.2 cm³/mol. The van der Waals surface area contributed by atoms with Crippen LogP contribution in [0.3, 0.4) is 0 Å². The van der Waals surface area contributed by atoms with E-state index < -0.39 is 5.97 Å². The number of phenolic OH excluding ortho intramolecular Hbond substituents is 1. The van der Waals surface area contributed by atoms with E-state index in [9.17, 15) is 14.7 Å². The number of anilines is 1. The first-order chi connectivity index (χ1) is 9.31. The first kappa shape index (κ1) is 15.8. The number of nitrogens with zero attached hydrogens (tertiary/aromatic N) is 1. The first-order valence-corrected chi connectivity index (χ1v) is 6.39. The van der Waals surface area contributed by atoms with Gasteiger partial charge in [-0.25, -0.2) is 9.59 Å². The fourth-order valence-electron chi connectivity index (χ4n) is 1.53. The summed E-state index contributed by atoms with van der Waals surface area (Å²) in [6.07, 6.45) is 0.883. The minimum Gasteiger partial charge on any atom is -0.506 e. The lowest BCUT2D eigenvalue weighted by Crippen LogP contribution is -2.32. The van der Waals surface area contributed by atoms with Gasteiger partial charge < -0.3 is 20.4 Å². The summed E-state index contributed by atoms with van der Waals surface area (Å²) in [6.45, 7) is 4.75. The van der Waals surface area contributed by atoms with Crippen molar-refractivity contribution in [2.75, 3.05) is 18.9 Å². The number of nitrogens with one attached hydrogen (secondary N) is 1. The Morgan fingerprint density at radius 2 is 2.00 bits per heavy atom. The number of aromatic carboxylic acids is 1. The Labute approximate surface area is 118 Å². The molecule has 0 aliphatic rings. The number of carboxylic acid groups (broad SMARTS) is 1. The highest BCUT2D eigenvalue weighted by molar-refractivity contribution is 5.93. The Morgan fingerprint density at radius 1 is 1.35 bits per heavy atom. The second kappa shape index (κ2) is 6.79. The lowest BCUT2D eigenvalue weighted by Gasteiger charge is -2.19. The van der Waals surface area contributed by atoms with E-state index in [2.05, 4.69) is 19.2 Å². The molecule has 20 heavy (non-hydrogen) atoms. The van der Waals surface area contributed by atoms with E-state index in [4.69, 9.17) is 5.11 Å². The quantitative estimate of drug-likeness (QED) is 0.723. The third-order valence-electron chi connectivity index (χ3n) is 2.87. The van der Waals surface area contributed by atoms with Crippen molar-refractivity contribution >= 4 is 17.7 Å². The van der Waals surface area contributed by atoms with Crippen molar-refractivity contribution in [2.45, 2.75) is 20.3 Å². The molecule has 1 rings (SSSR count). The largest absolute Gasteiger partial charge is 0.506 e. The van der Waals surface area contributed by atoms with Crippen molar-refractivity contribution in [3.63, 3.8) is 0 Å². The van der Waals surface area contributed by atoms with Crippen molar-refractivity contribution in [1.82, 2.24) is 4.90 Å². The first-order valence-electron chi connectivity index (χ1n) is 6.39. The molecular formula is C14H20N2O4. The van der Waals surface area contributed by atoms with Gasteiger partial charge in [0, 0.05) is 13.6 Å². The molecule has 0 atom stereocenters. The van der Waals surface area contributed by atoms with Crippen LogP contribution in [0.25, 0.3) is 0 Å². The number of benzene rings is 1. The van der Waals surface area contributed by atoms with Gasteiger partial charge in [0.2, 0.25) is 0 Å². The monoisotopic (exact) mass is 280 g/mol. The fourth-order valence-corrected chi connectivity index (χ4v) is 1.53. The number of carbonyl (C=O) groups is 2. The zero-order valence-electron chi connectivity index (χ0n) is 11.9. The molecule has 0 aliphatic carbocycles. The molecule has 0 heterocycles. The normalized spacial score (nSPS) is 10.4. The molecule has 0 bridgehead atoms. The Bertz CT molecular complexity index is 500. The van der Waals surface area contributed by atoms with E-state index in [1.165, 1.54) is 17.0 Å². The predicted octanol–water partition coefficient (Wildman–Crippen LogP) is 2.60. The van der Waals surface area contributed by atoms with Gasteiger partial charge in [0.1, 0.15) is 5.75 Å². The highest BCUT2D eigenvalue weighted by atomic mass is 16.4. The maximum atomic E-state index is 11.9. The number of hydrogen-bond acceptors (Lipinski definition) is 3. The standard InChI is InChI=1S/C14H20N2O4/c1-9(2)6-7-16(3)14(20)15-11-5-4-10(13(18)19)8-12(11)17/h4-5,8-9,17H,6-7H2,1-3H3,(H,15,20)(H,18,19). The molecule has 6 heteroatoms. The number of carboxylic acids is 1. The van der Waals surface area contributed by atoms with Crippen LogP contribution in [0.5, 0.6) is 5.75 Å². The van der Waals surface area contributed by atoms with Crippen LogP contribution in [0.15, 0.2) is 18.2 Å². The summed E-state index contributed by atoms with van der Waals surface area (Å²) < 4.78 is 0. The molecular weight excluding hydrogens is 260 g/mol. The van der Waals surface area contributed by atoms with Crippen molar-refractivity contribution in [2.24, 2.45) is 5.92 Å². The molecule has 0 saturated carbocycles. The second-order valence-corrected chi connectivity index (χ2v) is 5.07. The molecule has 0 radical (unpaired) electrons. The van der Waals surface area contributed by atoms with Crippen LogP contribution >= 0.6 is 0 Å². The molecule has 0 fully saturated rings. The number of rotatable bonds is 5. The van der Waals surface area contributed by atoms with E-state index in [0.29, 0.717) is 12.5 Å². The van der Waals surface area contributed by atoms with Gasteiger partial charge in [0.15, 0.2) is 0 Å². The molecule has 0 saturated heterocycles. The zero-order chi connectivity index (χ0) is 15.3. The summed E-state index contributed by atoms with van der Waals surface area (Å²) in [5.41, 5.74) is 0.157. The highest BCUT2D eigenvalue weighted by Gasteiger charge is 2.13. The van der Waals surface area contributed by atoms with Gasteiger partial charge in [0.05, 0.1) is 11.3 Å². The lowest BCUT2D eigenvalue weighted by molar-refractivity contribution is 0.0696. The number of carbonyl (C=O) groups excluding carboxylic acids is 1. The van der Waals surface area contributed by atoms with Gasteiger partial charge in [-0.3, -0.25) is 0 Å². The SMILES string of the molecule is CC(C)CCN(C)C(=O)Nc1ccc(C(=O)O)cc1O. The Balaban J connectivity index is 2.68. The van der Waals surface area contributed by atoms with Crippen LogP contribution < -0.4 is 5.32 Å². The van der Waals surface area contributed by atoms with Gasteiger partial charge in [-0.2, -0.15) is 0 Å². The summed E-state index contributed by atoms with van der Waals surface area (Å²) >= 11 is 0. The highest BCUT2D eigenvalue weighted by Crippen LogP contribution is 2.24. The van der Waals surface area contributed by atoms with Crippen molar-refractivity contribution < 1.29 is 19.8 Å². The molecule has 0 aromatic heterocycles. The fraction of sp³-hybridized carbons (Fsp3) is 0.429. The number of urea groups is 1. The smallest absolute Gasteiger partial charge is 0.335 e. The minimum absolute atomic E-state index is 0.0336. The van der Waals surface area contributed by atoms with Crippen LogP contribution in [0.2, 0.25) is 0 Å². The topological polar surface area (TPSA) is 89.9 Å². The second-order valence-electron chi connectivity index (χ2n) is 5.07. The molecule has 1 aromatic rings. The average Bonchev–Trinajstić information content (AvgIpc) is 2.37. The average molecular weight is 280 g/mol. The third kappa shape index (κ3) is 4.46. The van der Waals surface area contributed by atoms with Gasteiger partial charge >= 0.3 is 12.0 Å². The lowest BCUT2D eigenvalue weighted by atomic mass is 10.1. The van der Waals surface area contributed by atoms with Crippen molar-refractivity contribution in [1.29, 1.82) is 0 Å². The van der Waals surface area contributed by atoms with Crippen LogP contribution in [-0.4, -0.2) is 40.7 Å². The Morgan fingerprint density at radius 3 is 2.50 bits per heavy atom.